The van der Waals surface area contributed by atoms with Gasteiger partial charge in [-0.3, -0.25) is 4.72 Å². The van der Waals surface area contributed by atoms with Crippen molar-refractivity contribution in [3.05, 3.63) is 82.9 Å². The van der Waals surface area contributed by atoms with E-state index in [9.17, 15) is 16.8 Å². The molecule has 3 aromatic carbocycles. The molecule has 0 saturated heterocycles. The van der Waals surface area contributed by atoms with Crippen molar-refractivity contribution in [2.24, 2.45) is 0 Å². The maximum absolute atomic E-state index is 12.6. The van der Waals surface area contributed by atoms with E-state index < -0.39 is 20.1 Å². The van der Waals surface area contributed by atoms with Crippen LogP contribution in [0.25, 0.3) is 0 Å². The lowest BCUT2D eigenvalue weighted by atomic mass is 10.1. The Hall–Kier alpha value is -2.84. The van der Waals surface area contributed by atoms with E-state index in [4.69, 9.17) is 4.18 Å². The second-order valence-electron chi connectivity index (χ2n) is 7.21. The average Bonchev–Trinajstić information content (AvgIpc) is 2.65. The molecule has 0 radical (unpaired) electrons. The van der Waals surface area contributed by atoms with Crippen molar-refractivity contribution in [3.8, 4) is 5.75 Å². The van der Waals surface area contributed by atoms with Crippen LogP contribution in [0.2, 0.25) is 0 Å². The maximum atomic E-state index is 12.6. The molecule has 0 aliphatic rings. The van der Waals surface area contributed by atoms with E-state index >= 15 is 0 Å². The minimum atomic E-state index is -4.01. The van der Waals surface area contributed by atoms with Gasteiger partial charge in [0, 0.05) is 5.69 Å². The van der Waals surface area contributed by atoms with Crippen LogP contribution in [0.3, 0.4) is 0 Å². The van der Waals surface area contributed by atoms with Crippen molar-refractivity contribution in [1.29, 1.82) is 0 Å². The van der Waals surface area contributed by atoms with Gasteiger partial charge in [0.15, 0.2) is 0 Å². The van der Waals surface area contributed by atoms with Crippen LogP contribution < -0.4 is 8.91 Å². The third kappa shape index (κ3) is 4.83. The second kappa shape index (κ2) is 8.12. The largest absolute Gasteiger partial charge is 0.378 e. The molecule has 0 aromatic heterocycles. The summed E-state index contributed by atoms with van der Waals surface area (Å²) < 4.78 is 58.4. The van der Waals surface area contributed by atoms with Crippen molar-refractivity contribution >= 4 is 25.8 Å². The molecule has 0 unspecified atom stereocenters. The van der Waals surface area contributed by atoms with Crippen LogP contribution in [-0.2, 0) is 20.1 Å². The molecule has 0 bridgehead atoms. The highest BCUT2D eigenvalue weighted by Crippen LogP contribution is 2.31. The van der Waals surface area contributed by atoms with Gasteiger partial charge in [0.2, 0.25) is 0 Å². The number of sulfonamides is 1. The van der Waals surface area contributed by atoms with Crippen LogP contribution in [0.4, 0.5) is 5.69 Å². The molecule has 0 saturated carbocycles. The first-order valence-corrected chi connectivity index (χ1v) is 12.1. The summed E-state index contributed by atoms with van der Waals surface area (Å²) in [7, 11) is -7.78. The first-order chi connectivity index (χ1) is 14.0. The Morgan fingerprint density at radius 3 is 1.57 bits per heavy atom. The van der Waals surface area contributed by atoms with Gasteiger partial charge in [0.1, 0.15) is 10.6 Å². The Balaban J connectivity index is 1.88. The third-order valence-corrected chi connectivity index (χ3v) is 7.18. The zero-order chi connectivity index (χ0) is 22.1. The molecule has 8 heteroatoms. The van der Waals surface area contributed by atoms with Crippen molar-refractivity contribution < 1.29 is 21.0 Å². The molecule has 30 heavy (non-hydrogen) atoms. The topological polar surface area (TPSA) is 89.5 Å². The van der Waals surface area contributed by atoms with Gasteiger partial charge in [0.05, 0.1) is 4.90 Å². The summed E-state index contributed by atoms with van der Waals surface area (Å²) in [6.45, 7) is 7.06. The summed E-state index contributed by atoms with van der Waals surface area (Å²) >= 11 is 0. The lowest BCUT2D eigenvalue weighted by molar-refractivity contribution is 0.482. The SMILES string of the molecule is Cc1ccc(S(=O)(=O)Nc2cc(C)c(OS(=O)(=O)c3ccc(C)cc3)c(C)c2)cc1. The summed E-state index contributed by atoms with van der Waals surface area (Å²) in [6.07, 6.45) is 0. The molecule has 3 rings (SSSR count). The Morgan fingerprint density at radius 2 is 1.10 bits per heavy atom. The Kier molecular flexibility index (Phi) is 5.92. The number of rotatable bonds is 6. The average molecular weight is 446 g/mol. The molecule has 0 fully saturated rings. The smallest absolute Gasteiger partial charge is 0.339 e. The van der Waals surface area contributed by atoms with E-state index in [-0.39, 0.29) is 15.5 Å². The molecular formula is C22H23NO5S2. The summed E-state index contributed by atoms with van der Waals surface area (Å²) in [5, 5.41) is 0. The normalized spacial score (nSPS) is 11.9. The highest BCUT2D eigenvalue weighted by Gasteiger charge is 2.21. The minimum absolute atomic E-state index is 0.0519. The van der Waals surface area contributed by atoms with Crippen LogP contribution >= 0.6 is 0 Å². The summed E-state index contributed by atoms with van der Waals surface area (Å²) in [5.74, 6) is 0.175. The second-order valence-corrected chi connectivity index (χ2v) is 10.4. The van der Waals surface area contributed by atoms with Gasteiger partial charge in [-0.2, -0.15) is 8.42 Å². The van der Waals surface area contributed by atoms with E-state index in [2.05, 4.69) is 4.72 Å². The van der Waals surface area contributed by atoms with Crippen LogP contribution in [0.1, 0.15) is 22.3 Å². The van der Waals surface area contributed by atoms with Crippen molar-refractivity contribution in [3.63, 3.8) is 0 Å². The van der Waals surface area contributed by atoms with Gasteiger partial charge < -0.3 is 4.18 Å². The molecule has 0 heterocycles. The number of nitrogens with one attached hydrogen (secondary N) is 1. The number of anilines is 1. The molecule has 1 N–H and O–H groups in total. The fraction of sp³-hybridized carbons (Fsp3) is 0.182. The third-order valence-electron chi connectivity index (χ3n) is 4.55. The zero-order valence-electron chi connectivity index (χ0n) is 17.1. The zero-order valence-corrected chi connectivity index (χ0v) is 18.8. The van der Waals surface area contributed by atoms with E-state index in [1.807, 2.05) is 13.8 Å². The van der Waals surface area contributed by atoms with Crippen LogP contribution in [0.15, 0.2) is 70.5 Å². The highest BCUT2D eigenvalue weighted by molar-refractivity contribution is 7.92. The predicted octanol–water partition coefficient (Wildman–Crippen LogP) is 4.49. The van der Waals surface area contributed by atoms with Gasteiger partial charge in [-0.05, 0) is 75.2 Å². The first-order valence-electron chi connectivity index (χ1n) is 9.20. The molecule has 0 amide bonds. The number of hydrogen-bond acceptors (Lipinski definition) is 5. The fourth-order valence-corrected chi connectivity index (χ4v) is 5.02. The number of benzene rings is 3. The van der Waals surface area contributed by atoms with E-state index in [1.54, 1.807) is 50.2 Å². The van der Waals surface area contributed by atoms with Gasteiger partial charge in [-0.25, -0.2) is 8.42 Å². The Bertz CT molecular complexity index is 1260. The van der Waals surface area contributed by atoms with E-state index in [0.717, 1.165) is 11.1 Å². The van der Waals surface area contributed by atoms with Gasteiger partial charge >= 0.3 is 10.1 Å². The summed E-state index contributed by atoms with van der Waals surface area (Å²) in [6, 6.07) is 15.9. The van der Waals surface area contributed by atoms with E-state index in [1.165, 1.54) is 24.3 Å². The van der Waals surface area contributed by atoms with Gasteiger partial charge in [-0.15, -0.1) is 0 Å². The lowest BCUT2D eigenvalue weighted by Crippen LogP contribution is -2.14. The Morgan fingerprint density at radius 1 is 0.667 bits per heavy atom. The molecule has 158 valence electrons. The quantitative estimate of drug-likeness (QED) is 0.565. The number of hydrogen-bond donors (Lipinski definition) is 1. The summed E-state index contributed by atoms with van der Waals surface area (Å²) in [4.78, 5) is 0.196. The highest BCUT2D eigenvalue weighted by atomic mass is 32.2. The monoisotopic (exact) mass is 445 g/mol. The number of aryl methyl sites for hydroxylation is 4. The lowest BCUT2D eigenvalue weighted by Gasteiger charge is -2.15. The molecule has 0 spiro atoms. The molecular weight excluding hydrogens is 422 g/mol. The predicted molar refractivity (Wildman–Crippen MR) is 117 cm³/mol. The van der Waals surface area contributed by atoms with Crippen molar-refractivity contribution in [2.45, 2.75) is 37.5 Å². The van der Waals surface area contributed by atoms with Gasteiger partial charge in [-0.1, -0.05) is 35.4 Å². The molecule has 3 aromatic rings. The first kappa shape index (κ1) is 21.9. The minimum Gasteiger partial charge on any atom is -0.378 e. The molecule has 0 aliphatic heterocycles. The summed E-state index contributed by atoms with van der Waals surface area (Å²) in [5.41, 5.74) is 3.20. The van der Waals surface area contributed by atoms with Gasteiger partial charge in [0.25, 0.3) is 10.0 Å². The van der Waals surface area contributed by atoms with Crippen LogP contribution in [0.5, 0.6) is 5.75 Å². The van der Waals surface area contributed by atoms with Crippen molar-refractivity contribution in [1.82, 2.24) is 0 Å². The van der Waals surface area contributed by atoms with Crippen LogP contribution in [-0.4, -0.2) is 16.8 Å². The fourth-order valence-electron chi connectivity index (χ4n) is 2.93. The van der Waals surface area contributed by atoms with E-state index in [0.29, 0.717) is 16.8 Å². The standard InChI is InChI=1S/C22H23NO5S2/c1-15-5-9-20(10-6-15)29(24,25)23-19-13-17(3)22(18(4)14-19)28-30(26,27)21-11-7-16(2)8-12-21/h5-14,23H,1-4H3. The Labute approximate surface area is 177 Å². The van der Waals surface area contributed by atoms with Crippen molar-refractivity contribution in [2.75, 3.05) is 4.72 Å². The molecule has 6 nitrogen and oxygen atoms in total. The molecule has 0 aliphatic carbocycles. The molecule has 0 atom stereocenters. The van der Waals surface area contributed by atoms with Crippen LogP contribution in [0, 0.1) is 27.7 Å². The maximum Gasteiger partial charge on any atom is 0.339 e.